The van der Waals surface area contributed by atoms with Gasteiger partial charge in [0.2, 0.25) is 10.9 Å². The fraction of sp³-hybridized carbons (Fsp3) is 0. The first-order valence-corrected chi connectivity index (χ1v) is 6.79. The third-order valence-electron chi connectivity index (χ3n) is 3.16. The summed E-state index contributed by atoms with van der Waals surface area (Å²) in [6, 6.07) is 14.6. The molecule has 0 atom stereocenters. The Kier molecular flexibility index (Phi) is 2.10. The van der Waals surface area contributed by atoms with Crippen LogP contribution in [0.5, 0.6) is 0 Å². The Morgan fingerprint density at radius 3 is 2.84 bits per heavy atom. The van der Waals surface area contributed by atoms with Crippen molar-refractivity contribution >= 4 is 33.0 Å². The van der Waals surface area contributed by atoms with Gasteiger partial charge in [0, 0.05) is 10.9 Å². The molecule has 4 rings (SSSR count). The number of thiazole rings is 1. The van der Waals surface area contributed by atoms with E-state index in [1.807, 2.05) is 16.6 Å². The molecule has 0 amide bonds. The summed E-state index contributed by atoms with van der Waals surface area (Å²) in [4.78, 5) is 5.01. The van der Waals surface area contributed by atoms with Gasteiger partial charge in [-0.15, -0.1) is 16.4 Å². The van der Waals surface area contributed by atoms with Gasteiger partial charge in [0.05, 0.1) is 5.69 Å². The van der Waals surface area contributed by atoms with Gasteiger partial charge in [0.1, 0.15) is 0 Å². The smallest absolute Gasteiger partial charge is 0.241 e. The Hall–Kier alpha value is -2.40. The summed E-state index contributed by atoms with van der Waals surface area (Å²) in [6.45, 7) is 0. The van der Waals surface area contributed by atoms with Crippen LogP contribution in [0, 0.1) is 0 Å². The highest BCUT2D eigenvalue weighted by Gasteiger charge is 2.12. The van der Waals surface area contributed by atoms with Crippen molar-refractivity contribution in [3.63, 3.8) is 0 Å². The highest BCUT2D eigenvalue weighted by atomic mass is 32.1. The van der Waals surface area contributed by atoms with E-state index in [4.69, 9.17) is 5.73 Å². The van der Waals surface area contributed by atoms with Crippen LogP contribution in [0.3, 0.4) is 0 Å². The van der Waals surface area contributed by atoms with E-state index in [9.17, 15) is 0 Å². The van der Waals surface area contributed by atoms with Crippen LogP contribution in [-0.4, -0.2) is 14.6 Å². The summed E-state index contributed by atoms with van der Waals surface area (Å²) in [5.41, 5.74) is 7.83. The molecule has 0 fully saturated rings. The normalized spacial score (nSPS) is 11.4. The van der Waals surface area contributed by atoms with Gasteiger partial charge in [-0.2, -0.15) is 4.98 Å². The molecule has 4 aromatic rings. The second-order valence-electron chi connectivity index (χ2n) is 4.31. The average Bonchev–Trinajstić information content (AvgIpc) is 2.97. The molecule has 0 spiro atoms. The van der Waals surface area contributed by atoms with Gasteiger partial charge < -0.3 is 5.73 Å². The molecule has 2 aromatic carbocycles. The van der Waals surface area contributed by atoms with E-state index in [0.29, 0.717) is 5.95 Å². The molecule has 0 bridgehead atoms. The minimum atomic E-state index is 0.313. The molecule has 0 aliphatic rings. The van der Waals surface area contributed by atoms with Crippen LogP contribution in [0.2, 0.25) is 0 Å². The van der Waals surface area contributed by atoms with E-state index in [1.54, 1.807) is 11.3 Å². The first kappa shape index (κ1) is 10.5. The summed E-state index contributed by atoms with van der Waals surface area (Å²) in [6.07, 6.45) is 0. The minimum Gasteiger partial charge on any atom is -0.366 e. The summed E-state index contributed by atoms with van der Waals surface area (Å²) in [5, 5.41) is 8.74. The summed E-state index contributed by atoms with van der Waals surface area (Å²) >= 11 is 1.55. The van der Waals surface area contributed by atoms with Gasteiger partial charge in [-0.25, -0.2) is 4.52 Å². The number of nitrogen functional groups attached to an aromatic ring is 1. The van der Waals surface area contributed by atoms with E-state index in [-0.39, 0.29) is 0 Å². The van der Waals surface area contributed by atoms with Gasteiger partial charge >= 0.3 is 0 Å². The standard InChI is InChI=1S/C14H10N4S/c15-13-16-14-18(17-13)12(8-19-14)11-7-3-5-9-4-1-2-6-10(9)11/h1-8H,(H2,15,17). The van der Waals surface area contributed by atoms with Crippen LogP contribution < -0.4 is 5.73 Å². The van der Waals surface area contributed by atoms with Crippen molar-refractivity contribution in [3.05, 3.63) is 47.8 Å². The van der Waals surface area contributed by atoms with Crippen molar-refractivity contribution in [3.8, 4) is 11.3 Å². The third-order valence-corrected chi connectivity index (χ3v) is 3.98. The zero-order valence-corrected chi connectivity index (χ0v) is 10.8. The molecule has 4 nitrogen and oxygen atoms in total. The minimum absolute atomic E-state index is 0.313. The summed E-state index contributed by atoms with van der Waals surface area (Å²) in [7, 11) is 0. The number of rotatable bonds is 1. The third kappa shape index (κ3) is 1.52. The van der Waals surface area contributed by atoms with Crippen LogP contribution in [0.15, 0.2) is 47.8 Å². The number of nitrogens with zero attached hydrogens (tertiary/aromatic N) is 3. The Balaban J connectivity index is 2.09. The average molecular weight is 266 g/mol. The molecule has 0 radical (unpaired) electrons. The molecular formula is C14H10N4S. The Labute approximate surface area is 113 Å². The van der Waals surface area contributed by atoms with Gasteiger partial charge in [-0.1, -0.05) is 42.5 Å². The second kappa shape index (κ2) is 3.80. The zero-order chi connectivity index (χ0) is 12.8. The van der Waals surface area contributed by atoms with Crippen molar-refractivity contribution in [2.45, 2.75) is 0 Å². The van der Waals surface area contributed by atoms with Gasteiger partial charge in [0.25, 0.3) is 0 Å². The monoisotopic (exact) mass is 266 g/mol. The highest BCUT2D eigenvalue weighted by molar-refractivity contribution is 7.15. The topological polar surface area (TPSA) is 56.2 Å². The van der Waals surface area contributed by atoms with E-state index < -0.39 is 0 Å². The quantitative estimate of drug-likeness (QED) is 0.575. The predicted octanol–water partition coefficient (Wildman–Crippen LogP) is 3.19. The van der Waals surface area contributed by atoms with Gasteiger partial charge in [-0.3, -0.25) is 0 Å². The number of anilines is 1. The Bertz CT molecular complexity index is 885. The summed E-state index contributed by atoms with van der Waals surface area (Å²) in [5.74, 6) is 0.313. The van der Waals surface area contributed by atoms with E-state index in [1.165, 1.54) is 10.8 Å². The van der Waals surface area contributed by atoms with Crippen molar-refractivity contribution in [2.75, 3.05) is 5.73 Å². The van der Waals surface area contributed by atoms with Crippen molar-refractivity contribution < 1.29 is 0 Å². The molecule has 2 heterocycles. The molecule has 5 heteroatoms. The maximum Gasteiger partial charge on any atom is 0.241 e. The Morgan fingerprint density at radius 2 is 1.89 bits per heavy atom. The fourth-order valence-electron chi connectivity index (χ4n) is 2.33. The molecule has 0 saturated heterocycles. The molecule has 0 aliphatic carbocycles. The molecule has 0 aliphatic heterocycles. The molecular weight excluding hydrogens is 256 g/mol. The SMILES string of the molecule is Nc1nc2scc(-c3cccc4ccccc34)n2n1. The van der Waals surface area contributed by atoms with Crippen molar-refractivity contribution in [1.29, 1.82) is 0 Å². The van der Waals surface area contributed by atoms with Crippen LogP contribution in [0.4, 0.5) is 5.95 Å². The van der Waals surface area contributed by atoms with Gasteiger partial charge in [-0.05, 0) is 10.8 Å². The summed E-state index contributed by atoms with van der Waals surface area (Å²) < 4.78 is 1.81. The lowest BCUT2D eigenvalue weighted by Crippen LogP contribution is -1.91. The van der Waals surface area contributed by atoms with Crippen LogP contribution in [-0.2, 0) is 0 Å². The fourth-order valence-corrected chi connectivity index (χ4v) is 3.16. The lowest BCUT2D eigenvalue weighted by molar-refractivity contribution is 0.993. The molecule has 2 aromatic heterocycles. The largest absolute Gasteiger partial charge is 0.366 e. The van der Waals surface area contributed by atoms with Crippen LogP contribution in [0.25, 0.3) is 27.0 Å². The molecule has 92 valence electrons. The number of hydrogen-bond donors (Lipinski definition) is 1. The molecule has 19 heavy (non-hydrogen) atoms. The highest BCUT2D eigenvalue weighted by Crippen LogP contribution is 2.31. The van der Waals surface area contributed by atoms with E-state index >= 15 is 0 Å². The first-order chi connectivity index (χ1) is 9.33. The van der Waals surface area contributed by atoms with E-state index in [2.05, 4.69) is 45.8 Å². The zero-order valence-electron chi connectivity index (χ0n) is 9.95. The Morgan fingerprint density at radius 1 is 1.05 bits per heavy atom. The molecule has 2 N–H and O–H groups in total. The van der Waals surface area contributed by atoms with Gasteiger partial charge in [0.15, 0.2) is 0 Å². The number of aromatic nitrogens is 3. The molecule has 0 unspecified atom stereocenters. The lowest BCUT2D eigenvalue weighted by atomic mass is 10.0. The van der Waals surface area contributed by atoms with Crippen molar-refractivity contribution in [1.82, 2.24) is 14.6 Å². The lowest BCUT2D eigenvalue weighted by Gasteiger charge is -2.04. The predicted molar refractivity (Wildman–Crippen MR) is 78.2 cm³/mol. The van der Waals surface area contributed by atoms with E-state index in [0.717, 1.165) is 16.2 Å². The molecule has 0 saturated carbocycles. The van der Waals surface area contributed by atoms with Crippen molar-refractivity contribution in [2.24, 2.45) is 0 Å². The number of fused-ring (bicyclic) bond motifs is 2. The maximum atomic E-state index is 5.66. The first-order valence-electron chi connectivity index (χ1n) is 5.91. The number of benzene rings is 2. The van der Waals surface area contributed by atoms with Crippen LogP contribution >= 0.6 is 11.3 Å². The second-order valence-corrected chi connectivity index (χ2v) is 5.15. The number of nitrogens with two attached hydrogens (primary N) is 1. The maximum absolute atomic E-state index is 5.66. The van der Waals surface area contributed by atoms with Crippen LogP contribution in [0.1, 0.15) is 0 Å². The number of hydrogen-bond acceptors (Lipinski definition) is 4.